The maximum atomic E-state index is 12.8. The van der Waals surface area contributed by atoms with Gasteiger partial charge in [-0.3, -0.25) is 4.79 Å². The summed E-state index contributed by atoms with van der Waals surface area (Å²) >= 11 is 6.17. The van der Waals surface area contributed by atoms with E-state index in [0.717, 1.165) is 35.5 Å². The van der Waals surface area contributed by atoms with Gasteiger partial charge in [-0.05, 0) is 43.0 Å². The number of hydrogen-bond donors (Lipinski definition) is 1. The van der Waals surface area contributed by atoms with Gasteiger partial charge < -0.3 is 19.4 Å². The normalized spacial score (nSPS) is 16.5. The van der Waals surface area contributed by atoms with Gasteiger partial charge in [-0.2, -0.15) is 0 Å². The number of nitrogens with one attached hydrogen (secondary N) is 1. The third-order valence-electron chi connectivity index (χ3n) is 5.54. The molecule has 4 rings (SSSR count). The van der Waals surface area contributed by atoms with Gasteiger partial charge in [0, 0.05) is 48.4 Å². The summed E-state index contributed by atoms with van der Waals surface area (Å²) in [5, 5.41) is 4.73. The molecule has 1 unspecified atom stereocenters. The number of fused-ring (bicyclic) bond motifs is 1. The van der Waals surface area contributed by atoms with Crippen LogP contribution in [0.3, 0.4) is 0 Å². The number of ether oxygens (including phenoxy) is 1. The van der Waals surface area contributed by atoms with Crippen LogP contribution in [0.2, 0.25) is 5.02 Å². The van der Waals surface area contributed by atoms with E-state index in [1.165, 1.54) is 11.3 Å². The Labute approximate surface area is 175 Å². The van der Waals surface area contributed by atoms with Gasteiger partial charge >= 0.3 is 0 Å². The zero-order chi connectivity index (χ0) is 20.4. The molecule has 2 heterocycles. The van der Waals surface area contributed by atoms with Crippen LogP contribution in [0, 0.1) is 12.8 Å². The molecule has 6 heteroatoms. The first-order chi connectivity index (χ1) is 14.1. The number of amides is 1. The molecule has 0 spiro atoms. The van der Waals surface area contributed by atoms with Crippen molar-refractivity contribution in [3.8, 4) is 0 Å². The Bertz CT molecular complexity index is 1030. The summed E-state index contributed by atoms with van der Waals surface area (Å²) in [5.74, 6) is 0.534. The molecule has 1 N–H and O–H groups in total. The topological polar surface area (TPSA) is 54.7 Å². The van der Waals surface area contributed by atoms with Crippen molar-refractivity contribution in [2.75, 3.05) is 31.6 Å². The Balaban J connectivity index is 1.42. The minimum atomic E-state index is -0.189. The van der Waals surface area contributed by atoms with Crippen LogP contribution >= 0.6 is 11.6 Å². The van der Waals surface area contributed by atoms with E-state index in [1.54, 1.807) is 7.11 Å². The van der Waals surface area contributed by atoms with Crippen LogP contribution in [0.25, 0.3) is 11.0 Å². The first-order valence-electron chi connectivity index (χ1n) is 9.85. The number of anilines is 1. The number of furan rings is 1. The lowest BCUT2D eigenvalue weighted by Gasteiger charge is -2.21. The summed E-state index contributed by atoms with van der Waals surface area (Å²) < 4.78 is 11.1. The molecule has 1 fully saturated rings. The maximum Gasteiger partial charge on any atom is 0.287 e. The number of hydrogen-bond acceptors (Lipinski definition) is 4. The highest BCUT2D eigenvalue weighted by Crippen LogP contribution is 2.30. The van der Waals surface area contributed by atoms with E-state index in [0.29, 0.717) is 30.4 Å². The van der Waals surface area contributed by atoms with E-state index in [2.05, 4.69) is 17.1 Å². The molecule has 152 valence electrons. The average Bonchev–Trinajstić information content (AvgIpc) is 3.34. The molecule has 1 atom stereocenters. The Morgan fingerprint density at radius 1 is 1.31 bits per heavy atom. The lowest BCUT2D eigenvalue weighted by atomic mass is 10.1. The third-order valence-corrected chi connectivity index (χ3v) is 5.78. The van der Waals surface area contributed by atoms with Crippen molar-refractivity contribution < 1.29 is 13.9 Å². The molecule has 3 aromatic rings. The third kappa shape index (κ3) is 4.11. The minimum Gasteiger partial charge on any atom is -0.451 e. The van der Waals surface area contributed by atoms with Gasteiger partial charge in [-0.1, -0.05) is 35.9 Å². The lowest BCUT2D eigenvalue weighted by Crippen LogP contribution is -2.31. The maximum absolute atomic E-state index is 12.8. The van der Waals surface area contributed by atoms with Gasteiger partial charge in [0.1, 0.15) is 5.58 Å². The Hall–Kier alpha value is -2.50. The second-order valence-electron chi connectivity index (χ2n) is 7.58. The summed E-state index contributed by atoms with van der Waals surface area (Å²) in [6.45, 7) is 4.90. The molecule has 0 bridgehead atoms. The molecule has 2 aromatic carbocycles. The van der Waals surface area contributed by atoms with Crippen molar-refractivity contribution in [3.05, 3.63) is 64.4 Å². The van der Waals surface area contributed by atoms with Crippen LogP contribution in [0.4, 0.5) is 5.69 Å². The summed E-state index contributed by atoms with van der Waals surface area (Å²) in [4.78, 5) is 15.2. The molecule has 29 heavy (non-hydrogen) atoms. The van der Waals surface area contributed by atoms with Crippen molar-refractivity contribution in [2.24, 2.45) is 5.92 Å². The fraction of sp³-hybridized carbons (Fsp3) is 0.348. The summed E-state index contributed by atoms with van der Waals surface area (Å²) in [5.41, 5.74) is 3.88. The number of rotatable bonds is 6. The van der Waals surface area contributed by atoms with Crippen LogP contribution < -0.4 is 10.2 Å². The molecule has 1 aliphatic rings. The second-order valence-corrected chi connectivity index (χ2v) is 8.02. The van der Waals surface area contributed by atoms with E-state index >= 15 is 0 Å². The molecular weight excluding hydrogens is 388 g/mol. The van der Waals surface area contributed by atoms with Crippen molar-refractivity contribution >= 4 is 34.2 Å². The van der Waals surface area contributed by atoms with Gasteiger partial charge in [0.25, 0.3) is 5.91 Å². The molecule has 0 saturated carbocycles. The van der Waals surface area contributed by atoms with Crippen LogP contribution in [-0.4, -0.2) is 32.7 Å². The molecule has 5 nitrogen and oxygen atoms in total. The van der Waals surface area contributed by atoms with Gasteiger partial charge in [-0.15, -0.1) is 0 Å². The minimum absolute atomic E-state index is 0.189. The van der Waals surface area contributed by atoms with E-state index in [-0.39, 0.29) is 5.91 Å². The lowest BCUT2D eigenvalue weighted by molar-refractivity contribution is 0.0916. The highest BCUT2D eigenvalue weighted by molar-refractivity contribution is 6.30. The van der Waals surface area contributed by atoms with Crippen LogP contribution in [0.1, 0.15) is 28.1 Å². The standard InChI is InChI=1S/C23H25ClN2O3/c1-15-7-8-17(24)11-20(15)26-10-9-16(13-26)12-25-23(27)22-19(14-28-2)18-5-3-4-6-21(18)29-22/h3-8,11,16H,9-10,12-14H2,1-2H3,(H,25,27). The number of carbonyl (C=O) groups excluding carboxylic acids is 1. The van der Waals surface area contributed by atoms with Crippen molar-refractivity contribution in [3.63, 3.8) is 0 Å². The molecule has 1 saturated heterocycles. The van der Waals surface area contributed by atoms with Crippen molar-refractivity contribution in [2.45, 2.75) is 20.0 Å². The number of methoxy groups -OCH3 is 1. The molecule has 0 radical (unpaired) electrons. The predicted molar refractivity (Wildman–Crippen MR) is 116 cm³/mol. The number of carbonyl (C=O) groups is 1. The Morgan fingerprint density at radius 2 is 2.14 bits per heavy atom. The molecular formula is C23H25ClN2O3. The van der Waals surface area contributed by atoms with Gasteiger partial charge in [0.05, 0.1) is 6.61 Å². The summed E-state index contributed by atoms with van der Waals surface area (Å²) in [7, 11) is 1.62. The fourth-order valence-corrected chi connectivity index (χ4v) is 4.19. The van der Waals surface area contributed by atoms with Crippen LogP contribution in [0.15, 0.2) is 46.9 Å². The number of benzene rings is 2. The van der Waals surface area contributed by atoms with E-state index in [1.807, 2.05) is 42.5 Å². The SMILES string of the molecule is COCc1c(C(=O)NCC2CCN(c3cc(Cl)ccc3C)C2)oc2ccccc12. The quantitative estimate of drug-likeness (QED) is 0.632. The van der Waals surface area contributed by atoms with E-state index in [9.17, 15) is 4.79 Å². The summed E-state index contributed by atoms with van der Waals surface area (Å²) in [6.07, 6.45) is 1.03. The first-order valence-corrected chi connectivity index (χ1v) is 10.2. The fourth-order valence-electron chi connectivity index (χ4n) is 4.03. The highest BCUT2D eigenvalue weighted by atomic mass is 35.5. The number of halogens is 1. The van der Waals surface area contributed by atoms with Gasteiger partial charge in [0.15, 0.2) is 5.76 Å². The van der Waals surface area contributed by atoms with Crippen LogP contribution in [0.5, 0.6) is 0 Å². The Kier molecular flexibility index (Phi) is 5.79. The highest BCUT2D eigenvalue weighted by Gasteiger charge is 2.26. The monoisotopic (exact) mass is 412 g/mol. The van der Waals surface area contributed by atoms with Crippen molar-refractivity contribution in [1.82, 2.24) is 5.32 Å². The molecule has 1 aliphatic heterocycles. The zero-order valence-electron chi connectivity index (χ0n) is 16.7. The van der Waals surface area contributed by atoms with Crippen LogP contribution in [-0.2, 0) is 11.3 Å². The number of aryl methyl sites for hydroxylation is 1. The van der Waals surface area contributed by atoms with Gasteiger partial charge in [0.2, 0.25) is 0 Å². The molecule has 1 amide bonds. The average molecular weight is 413 g/mol. The largest absolute Gasteiger partial charge is 0.451 e. The van der Waals surface area contributed by atoms with Gasteiger partial charge in [-0.25, -0.2) is 0 Å². The molecule has 1 aromatic heterocycles. The zero-order valence-corrected chi connectivity index (χ0v) is 17.5. The van der Waals surface area contributed by atoms with E-state index < -0.39 is 0 Å². The van der Waals surface area contributed by atoms with E-state index in [4.69, 9.17) is 20.8 Å². The first kappa shape index (κ1) is 19.8. The van der Waals surface area contributed by atoms with Crippen molar-refractivity contribution in [1.29, 1.82) is 0 Å². The number of nitrogens with zero attached hydrogens (tertiary/aromatic N) is 1. The smallest absolute Gasteiger partial charge is 0.287 e. The molecule has 0 aliphatic carbocycles. The second kappa shape index (κ2) is 8.47. The number of para-hydroxylation sites is 1. The predicted octanol–water partition coefficient (Wildman–Crippen LogP) is 4.80. The Morgan fingerprint density at radius 3 is 2.97 bits per heavy atom. The summed E-state index contributed by atoms with van der Waals surface area (Å²) in [6, 6.07) is 13.6.